The molecule has 1 atom stereocenters. The molecular formula is C12H14O5. The van der Waals surface area contributed by atoms with Crippen LogP contribution in [0, 0.1) is 0 Å². The van der Waals surface area contributed by atoms with Gasteiger partial charge in [0.15, 0.2) is 6.10 Å². The van der Waals surface area contributed by atoms with Crippen LogP contribution in [0.25, 0.3) is 0 Å². The van der Waals surface area contributed by atoms with Gasteiger partial charge in [0, 0.05) is 6.42 Å². The first-order valence-electron chi connectivity index (χ1n) is 5.02. The topological polar surface area (TPSA) is 83.8 Å². The number of hydrogen-bond donors (Lipinski definition) is 2. The van der Waals surface area contributed by atoms with E-state index in [9.17, 15) is 14.7 Å². The quantitative estimate of drug-likeness (QED) is 0.797. The summed E-state index contributed by atoms with van der Waals surface area (Å²) in [6, 6.07) is 4.63. The Morgan fingerprint density at radius 2 is 2.06 bits per heavy atom. The fourth-order valence-corrected chi connectivity index (χ4v) is 1.52. The molecule has 1 rings (SSSR count). The second-order valence-electron chi connectivity index (χ2n) is 3.68. The van der Waals surface area contributed by atoms with Crippen molar-refractivity contribution in [3.05, 3.63) is 29.3 Å². The molecule has 17 heavy (non-hydrogen) atoms. The van der Waals surface area contributed by atoms with E-state index in [0.717, 1.165) is 0 Å². The fourth-order valence-electron chi connectivity index (χ4n) is 1.52. The molecule has 5 heteroatoms. The highest BCUT2D eigenvalue weighted by Crippen LogP contribution is 2.24. The van der Waals surface area contributed by atoms with Gasteiger partial charge in [-0.15, -0.1) is 0 Å². The summed E-state index contributed by atoms with van der Waals surface area (Å²) in [6.45, 7) is 1.40. The first-order chi connectivity index (χ1) is 7.95. The molecule has 0 heterocycles. The molecule has 0 aliphatic carbocycles. The summed E-state index contributed by atoms with van der Waals surface area (Å²) in [7, 11) is 1.44. The number of ketones is 1. The van der Waals surface area contributed by atoms with E-state index in [-0.39, 0.29) is 17.8 Å². The zero-order valence-corrected chi connectivity index (χ0v) is 9.64. The molecule has 0 saturated heterocycles. The summed E-state index contributed by atoms with van der Waals surface area (Å²) < 4.78 is 4.96. The van der Waals surface area contributed by atoms with Gasteiger partial charge in [-0.05, 0) is 30.2 Å². The molecule has 0 bridgehead atoms. The Morgan fingerprint density at radius 1 is 1.41 bits per heavy atom. The van der Waals surface area contributed by atoms with Gasteiger partial charge in [-0.3, -0.25) is 4.79 Å². The predicted octanol–water partition coefficient (Wildman–Crippen LogP) is 0.945. The summed E-state index contributed by atoms with van der Waals surface area (Å²) in [4.78, 5) is 21.8. The summed E-state index contributed by atoms with van der Waals surface area (Å²) in [5, 5.41) is 18.3. The monoisotopic (exact) mass is 238 g/mol. The minimum absolute atomic E-state index is 0.0870. The maximum Gasteiger partial charge on any atom is 0.337 e. The van der Waals surface area contributed by atoms with E-state index in [1.165, 1.54) is 20.1 Å². The van der Waals surface area contributed by atoms with Crippen molar-refractivity contribution in [2.45, 2.75) is 19.4 Å². The average molecular weight is 238 g/mol. The zero-order chi connectivity index (χ0) is 13.0. The number of aliphatic hydroxyl groups excluding tert-OH is 1. The van der Waals surface area contributed by atoms with Gasteiger partial charge >= 0.3 is 5.97 Å². The molecular weight excluding hydrogens is 224 g/mol. The van der Waals surface area contributed by atoms with Crippen molar-refractivity contribution in [2.75, 3.05) is 7.11 Å². The van der Waals surface area contributed by atoms with Crippen molar-refractivity contribution in [2.24, 2.45) is 0 Å². The van der Waals surface area contributed by atoms with E-state index < -0.39 is 12.1 Å². The minimum atomic E-state index is -1.65. The number of carboxylic acids is 1. The number of aliphatic hydroxyl groups is 1. The van der Waals surface area contributed by atoms with Crippen molar-refractivity contribution in [3.8, 4) is 5.75 Å². The van der Waals surface area contributed by atoms with Crippen molar-refractivity contribution in [1.82, 2.24) is 0 Å². The van der Waals surface area contributed by atoms with Crippen LogP contribution in [0.1, 0.15) is 24.2 Å². The second kappa shape index (κ2) is 5.45. The molecule has 0 spiro atoms. The number of ether oxygens (including phenoxy) is 1. The maximum atomic E-state index is 11.1. The lowest BCUT2D eigenvalue weighted by Crippen LogP contribution is -2.14. The van der Waals surface area contributed by atoms with Crippen LogP contribution in [0.4, 0.5) is 0 Å². The number of hydrogen-bond acceptors (Lipinski definition) is 4. The van der Waals surface area contributed by atoms with Crippen LogP contribution in [0.3, 0.4) is 0 Å². The Balaban J connectivity index is 3.20. The molecule has 1 aromatic rings. The Hall–Kier alpha value is -1.88. The van der Waals surface area contributed by atoms with Crippen LogP contribution in [-0.2, 0) is 16.0 Å². The molecule has 0 saturated carbocycles. The van der Waals surface area contributed by atoms with Crippen LogP contribution in [0.15, 0.2) is 18.2 Å². The molecule has 0 aliphatic heterocycles. The van der Waals surface area contributed by atoms with Crippen LogP contribution in [0.2, 0.25) is 0 Å². The molecule has 1 aromatic carbocycles. The summed E-state index contributed by atoms with van der Waals surface area (Å²) >= 11 is 0. The van der Waals surface area contributed by atoms with Crippen LogP contribution >= 0.6 is 0 Å². The standard InChI is InChI=1S/C12H14O5/c1-7(13)5-8-3-4-9(17-2)6-10(8)11(14)12(15)16/h3-4,6,11,14H,5H2,1-2H3,(H,15,16). The molecule has 1 unspecified atom stereocenters. The molecule has 92 valence electrons. The predicted molar refractivity (Wildman–Crippen MR) is 60.0 cm³/mol. The lowest BCUT2D eigenvalue weighted by molar-refractivity contribution is -0.147. The van der Waals surface area contributed by atoms with Gasteiger partial charge in [-0.1, -0.05) is 6.07 Å². The van der Waals surface area contributed by atoms with Crippen molar-refractivity contribution < 1.29 is 24.5 Å². The summed E-state index contributed by atoms with van der Waals surface area (Å²) in [5.41, 5.74) is 0.681. The van der Waals surface area contributed by atoms with E-state index in [4.69, 9.17) is 9.84 Å². The SMILES string of the molecule is COc1ccc(CC(C)=O)c(C(O)C(=O)O)c1. The third-order valence-corrected chi connectivity index (χ3v) is 2.32. The van der Waals surface area contributed by atoms with Crippen LogP contribution in [0.5, 0.6) is 5.75 Å². The van der Waals surface area contributed by atoms with E-state index in [1.54, 1.807) is 12.1 Å². The number of aliphatic carboxylic acids is 1. The van der Waals surface area contributed by atoms with E-state index in [1.807, 2.05) is 0 Å². The first-order valence-corrected chi connectivity index (χ1v) is 5.02. The number of rotatable bonds is 5. The molecule has 0 fully saturated rings. The van der Waals surface area contributed by atoms with Gasteiger partial charge in [0.2, 0.25) is 0 Å². The van der Waals surface area contributed by atoms with Crippen LogP contribution < -0.4 is 4.74 Å². The Labute approximate surface area is 98.6 Å². The lowest BCUT2D eigenvalue weighted by Gasteiger charge is -2.13. The van der Waals surface area contributed by atoms with E-state index in [2.05, 4.69) is 0 Å². The zero-order valence-electron chi connectivity index (χ0n) is 9.64. The largest absolute Gasteiger partial charge is 0.497 e. The van der Waals surface area contributed by atoms with Gasteiger partial charge in [0.25, 0.3) is 0 Å². The lowest BCUT2D eigenvalue weighted by atomic mass is 9.98. The molecule has 0 amide bonds. The third-order valence-electron chi connectivity index (χ3n) is 2.32. The third kappa shape index (κ3) is 3.29. The molecule has 5 nitrogen and oxygen atoms in total. The molecule has 0 aromatic heterocycles. The number of carbonyl (C=O) groups excluding carboxylic acids is 1. The van der Waals surface area contributed by atoms with E-state index >= 15 is 0 Å². The maximum absolute atomic E-state index is 11.1. The van der Waals surface area contributed by atoms with Gasteiger partial charge in [0.05, 0.1) is 7.11 Å². The first kappa shape index (κ1) is 13.2. The summed E-state index contributed by atoms with van der Waals surface area (Å²) in [6.07, 6.45) is -1.57. The Kier molecular flexibility index (Phi) is 4.23. The van der Waals surface area contributed by atoms with Gasteiger partial charge in [0.1, 0.15) is 11.5 Å². The fraction of sp³-hybridized carbons (Fsp3) is 0.333. The summed E-state index contributed by atoms with van der Waals surface area (Å²) in [5.74, 6) is -1.02. The number of methoxy groups -OCH3 is 1. The normalized spacial score (nSPS) is 11.9. The highest BCUT2D eigenvalue weighted by atomic mass is 16.5. The van der Waals surface area contributed by atoms with Crippen molar-refractivity contribution >= 4 is 11.8 Å². The molecule has 0 aliphatic rings. The van der Waals surface area contributed by atoms with E-state index in [0.29, 0.717) is 11.3 Å². The highest BCUT2D eigenvalue weighted by Gasteiger charge is 2.20. The number of carboxylic acid groups (broad SMARTS) is 1. The Morgan fingerprint density at radius 3 is 2.53 bits per heavy atom. The number of carbonyl (C=O) groups is 2. The van der Waals surface area contributed by atoms with Crippen molar-refractivity contribution in [1.29, 1.82) is 0 Å². The average Bonchev–Trinajstić information content (AvgIpc) is 2.27. The molecule has 2 N–H and O–H groups in total. The molecule has 0 radical (unpaired) electrons. The number of Topliss-reactive ketones (excluding diaryl/α,β-unsaturated/α-hetero) is 1. The number of benzene rings is 1. The van der Waals surface area contributed by atoms with Gasteiger partial charge in [-0.25, -0.2) is 4.79 Å². The van der Waals surface area contributed by atoms with Gasteiger partial charge in [-0.2, -0.15) is 0 Å². The van der Waals surface area contributed by atoms with Gasteiger partial charge < -0.3 is 14.9 Å². The minimum Gasteiger partial charge on any atom is -0.497 e. The Bertz CT molecular complexity index is 439. The van der Waals surface area contributed by atoms with Crippen molar-refractivity contribution in [3.63, 3.8) is 0 Å². The smallest absolute Gasteiger partial charge is 0.337 e. The second-order valence-corrected chi connectivity index (χ2v) is 3.68. The highest BCUT2D eigenvalue weighted by molar-refractivity contribution is 5.80. The van der Waals surface area contributed by atoms with Crippen LogP contribution in [-0.4, -0.2) is 29.1 Å².